The van der Waals surface area contributed by atoms with Crippen molar-refractivity contribution < 1.29 is 13.6 Å². The summed E-state index contributed by atoms with van der Waals surface area (Å²) >= 11 is 5.68. The van der Waals surface area contributed by atoms with Crippen LogP contribution in [0.25, 0.3) is 0 Å². The highest BCUT2D eigenvalue weighted by Crippen LogP contribution is 2.14. The van der Waals surface area contributed by atoms with E-state index in [9.17, 15) is 13.6 Å². The van der Waals surface area contributed by atoms with Crippen LogP contribution in [0.4, 0.5) is 8.78 Å². The monoisotopic (exact) mass is 218 g/mol. The number of hydrogen-bond acceptors (Lipinski definition) is 1. The van der Waals surface area contributed by atoms with Crippen molar-refractivity contribution in [2.45, 2.75) is 18.7 Å². The van der Waals surface area contributed by atoms with Gasteiger partial charge in [-0.3, -0.25) is 4.79 Å². The van der Waals surface area contributed by atoms with Gasteiger partial charge in [-0.15, -0.1) is 11.6 Å². The Morgan fingerprint density at radius 2 is 2.07 bits per heavy atom. The number of benzene rings is 1. The Hall–Kier alpha value is -0.960. The lowest BCUT2D eigenvalue weighted by Crippen LogP contribution is -2.13. The number of halogens is 3. The number of rotatable bonds is 3. The number of ketones is 1. The highest BCUT2D eigenvalue weighted by atomic mass is 35.5. The molecule has 1 atom stereocenters. The molecule has 0 saturated carbocycles. The maximum atomic E-state index is 12.7. The van der Waals surface area contributed by atoms with Crippen molar-refractivity contribution in [3.05, 3.63) is 35.4 Å². The Labute approximate surface area is 85.7 Å². The molecule has 1 unspecified atom stereocenters. The molecule has 0 saturated heterocycles. The van der Waals surface area contributed by atoms with Crippen LogP contribution in [0, 0.1) is 11.6 Å². The van der Waals surface area contributed by atoms with E-state index in [0.717, 1.165) is 12.1 Å². The number of carbonyl (C=O) groups is 1. The first-order valence-electron chi connectivity index (χ1n) is 4.19. The third-order valence-corrected chi connectivity index (χ3v) is 2.35. The van der Waals surface area contributed by atoms with Gasteiger partial charge in [0.15, 0.2) is 17.4 Å². The second-order valence-electron chi connectivity index (χ2n) is 2.87. The third kappa shape index (κ3) is 2.29. The topological polar surface area (TPSA) is 17.1 Å². The van der Waals surface area contributed by atoms with Crippen LogP contribution < -0.4 is 0 Å². The summed E-state index contributed by atoms with van der Waals surface area (Å²) < 4.78 is 25.3. The largest absolute Gasteiger partial charge is 0.293 e. The van der Waals surface area contributed by atoms with Crippen molar-refractivity contribution >= 4 is 17.4 Å². The molecule has 0 fully saturated rings. The molecule has 0 radical (unpaired) electrons. The van der Waals surface area contributed by atoms with Gasteiger partial charge in [0.25, 0.3) is 0 Å². The fourth-order valence-corrected chi connectivity index (χ4v) is 1.14. The molecule has 0 N–H and O–H groups in total. The average Bonchev–Trinajstić information content (AvgIpc) is 2.20. The minimum Gasteiger partial charge on any atom is -0.293 e. The Kier molecular flexibility index (Phi) is 3.58. The fraction of sp³-hybridized carbons (Fsp3) is 0.300. The number of alkyl halides is 1. The summed E-state index contributed by atoms with van der Waals surface area (Å²) in [4.78, 5) is 11.4. The van der Waals surface area contributed by atoms with E-state index in [0.29, 0.717) is 6.42 Å². The van der Waals surface area contributed by atoms with Gasteiger partial charge >= 0.3 is 0 Å². The highest BCUT2D eigenvalue weighted by Gasteiger charge is 2.16. The van der Waals surface area contributed by atoms with E-state index in [2.05, 4.69) is 0 Å². The molecule has 76 valence electrons. The number of Topliss-reactive ketones (excluding diaryl/α,β-unsaturated/α-hetero) is 1. The molecular formula is C10H9ClF2O. The van der Waals surface area contributed by atoms with Gasteiger partial charge in [-0.25, -0.2) is 8.78 Å². The first-order chi connectivity index (χ1) is 6.56. The third-order valence-electron chi connectivity index (χ3n) is 1.85. The molecule has 0 amide bonds. The lowest BCUT2D eigenvalue weighted by atomic mass is 10.1. The summed E-state index contributed by atoms with van der Waals surface area (Å²) in [6, 6.07) is 3.01. The molecule has 0 spiro atoms. The van der Waals surface area contributed by atoms with Crippen LogP contribution in [0.3, 0.4) is 0 Å². The van der Waals surface area contributed by atoms with Crippen LogP contribution in [-0.2, 0) is 0 Å². The first kappa shape index (κ1) is 11.1. The van der Waals surface area contributed by atoms with E-state index < -0.39 is 17.0 Å². The van der Waals surface area contributed by atoms with Gasteiger partial charge in [-0.05, 0) is 24.6 Å². The highest BCUT2D eigenvalue weighted by molar-refractivity contribution is 6.33. The summed E-state index contributed by atoms with van der Waals surface area (Å²) in [6.45, 7) is 1.75. The van der Waals surface area contributed by atoms with Gasteiger partial charge in [0.2, 0.25) is 0 Å². The molecule has 0 heterocycles. The van der Waals surface area contributed by atoms with Crippen molar-refractivity contribution in [2.24, 2.45) is 0 Å². The summed E-state index contributed by atoms with van der Waals surface area (Å²) in [5.74, 6) is -2.38. The Bertz CT molecular complexity index is 352. The van der Waals surface area contributed by atoms with E-state index in [-0.39, 0.29) is 11.3 Å². The molecule has 0 aliphatic carbocycles. The number of carbonyl (C=O) groups excluding carboxylic acids is 1. The fourth-order valence-electron chi connectivity index (χ4n) is 1.02. The van der Waals surface area contributed by atoms with E-state index >= 15 is 0 Å². The Morgan fingerprint density at radius 3 is 2.57 bits per heavy atom. The van der Waals surface area contributed by atoms with Crippen LogP contribution in [0.5, 0.6) is 0 Å². The Balaban J connectivity index is 2.97. The predicted octanol–water partition coefficient (Wildman–Crippen LogP) is 3.16. The van der Waals surface area contributed by atoms with Crippen molar-refractivity contribution in [2.75, 3.05) is 0 Å². The Morgan fingerprint density at radius 1 is 1.43 bits per heavy atom. The van der Waals surface area contributed by atoms with Gasteiger partial charge in [-0.1, -0.05) is 6.92 Å². The van der Waals surface area contributed by atoms with Crippen LogP contribution in [0.2, 0.25) is 0 Å². The van der Waals surface area contributed by atoms with Crippen molar-refractivity contribution in [1.29, 1.82) is 0 Å². The second kappa shape index (κ2) is 4.51. The van der Waals surface area contributed by atoms with Crippen LogP contribution >= 0.6 is 11.6 Å². The summed E-state index contributed by atoms with van der Waals surface area (Å²) in [5.41, 5.74) is 0.103. The predicted molar refractivity (Wildman–Crippen MR) is 50.6 cm³/mol. The van der Waals surface area contributed by atoms with Gasteiger partial charge in [0.05, 0.1) is 5.38 Å². The molecule has 1 aromatic carbocycles. The normalized spacial score (nSPS) is 12.6. The molecule has 14 heavy (non-hydrogen) atoms. The maximum Gasteiger partial charge on any atom is 0.180 e. The molecule has 0 aromatic heterocycles. The van der Waals surface area contributed by atoms with Crippen molar-refractivity contribution in [3.8, 4) is 0 Å². The summed E-state index contributed by atoms with van der Waals surface area (Å²) in [5, 5.41) is -0.681. The SMILES string of the molecule is CCC(Cl)C(=O)c1ccc(F)c(F)c1. The standard InChI is InChI=1S/C10H9ClF2O/c1-2-7(11)10(14)6-3-4-8(12)9(13)5-6/h3-5,7H,2H2,1H3. The zero-order valence-electron chi connectivity index (χ0n) is 7.56. The van der Waals surface area contributed by atoms with Crippen LogP contribution in [-0.4, -0.2) is 11.2 Å². The van der Waals surface area contributed by atoms with E-state index in [1.54, 1.807) is 6.92 Å². The van der Waals surface area contributed by atoms with Crippen LogP contribution in [0.1, 0.15) is 23.7 Å². The molecule has 1 rings (SSSR count). The molecule has 1 nitrogen and oxygen atoms in total. The van der Waals surface area contributed by atoms with E-state index in [1.165, 1.54) is 6.07 Å². The maximum absolute atomic E-state index is 12.7. The smallest absolute Gasteiger partial charge is 0.180 e. The summed E-state index contributed by atoms with van der Waals surface area (Å²) in [7, 11) is 0. The molecule has 1 aromatic rings. The molecule has 0 aliphatic rings. The van der Waals surface area contributed by atoms with Crippen molar-refractivity contribution in [3.63, 3.8) is 0 Å². The quantitative estimate of drug-likeness (QED) is 0.563. The lowest BCUT2D eigenvalue weighted by Gasteiger charge is -2.05. The number of hydrogen-bond donors (Lipinski definition) is 0. The average molecular weight is 219 g/mol. The first-order valence-corrected chi connectivity index (χ1v) is 4.63. The van der Waals surface area contributed by atoms with E-state index in [1.807, 2.05) is 0 Å². The molecule has 0 bridgehead atoms. The molecule has 0 aliphatic heterocycles. The minimum atomic E-state index is -1.03. The van der Waals surface area contributed by atoms with Crippen molar-refractivity contribution in [1.82, 2.24) is 0 Å². The molecule has 4 heteroatoms. The zero-order chi connectivity index (χ0) is 10.7. The van der Waals surface area contributed by atoms with Gasteiger partial charge in [0.1, 0.15) is 0 Å². The second-order valence-corrected chi connectivity index (χ2v) is 3.40. The summed E-state index contributed by atoms with van der Waals surface area (Å²) in [6.07, 6.45) is 0.458. The van der Waals surface area contributed by atoms with Gasteiger partial charge in [0, 0.05) is 5.56 Å². The minimum absolute atomic E-state index is 0.103. The van der Waals surface area contributed by atoms with Gasteiger partial charge < -0.3 is 0 Å². The zero-order valence-corrected chi connectivity index (χ0v) is 8.31. The molecular weight excluding hydrogens is 210 g/mol. The van der Waals surface area contributed by atoms with E-state index in [4.69, 9.17) is 11.6 Å². The van der Waals surface area contributed by atoms with Crippen LogP contribution in [0.15, 0.2) is 18.2 Å². The lowest BCUT2D eigenvalue weighted by molar-refractivity contribution is 0.0985. The van der Waals surface area contributed by atoms with Gasteiger partial charge in [-0.2, -0.15) is 0 Å².